The summed E-state index contributed by atoms with van der Waals surface area (Å²) in [7, 11) is 0. The van der Waals surface area contributed by atoms with Crippen molar-refractivity contribution >= 4 is 5.97 Å². The summed E-state index contributed by atoms with van der Waals surface area (Å²) in [6.45, 7) is 2.21. The van der Waals surface area contributed by atoms with Crippen LogP contribution in [0.1, 0.15) is 67.3 Å². The Balaban J connectivity index is 1.49. The van der Waals surface area contributed by atoms with Gasteiger partial charge < -0.3 is 4.74 Å². The number of carbonyl (C=O) groups is 1. The molecule has 2 nitrogen and oxygen atoms in total. The van der Waals surface area contributed by atoms with Gasteiger partial charge in [0.15, 0.2) is 17.5 Å². The molecule has 7 heteroatoms. The SMILES string of the molecule is CCCC1CCC(c2ccc(-c3cc(F)c(C(=O)Oc4cc(F)c(F)c(F)c4)c(F)c3)cc2)CC1. The average Bonchev–Trinajstić information content (AvgIpc) is 2.83. The summed E-state index contributed by atoms with van der Waals surface area (Å²) in [5.41, 5.74) is 0.991. The molecule has 1 aliphatic rings. The predicted octanol–water partition coefficient (Wildman–Crippen LogP) is 8.34. The van der Waals surface area contributed by atoms with E-state index in [1.165, 1.54) is 31.2 Å². The maximum Gasteiger partial charge on any atom is 0.349 e. The van der Waals surface area contributed by atoms with Crippen molar-refractivity contribution in [2.75, 3.05) is 0 Å². The summed E-state index contributed by atoms with van der Waals surface area (Å²) >= 11 is 0. The zero-order valence-corrected chi connectivity index (χ0v) is 19.2. The third-order valence-corrected chi connectivity index (χ3v) is 6.67. The molecule has 0 amide bonds. The number of esters is 1. The molecular formula is C28H25F5O2. The number of benzene rings is 3. The molecule has 0 spiro atoms. The molecule has 1 aliphatic carbocycles. The van der Waals surface area contributed by atoms with E-state index >= 15 is 0 Å². The molecule has 0 aromatic heterocycles. The summed E-state index contributed by atoms with van der Waals surface area (Å²) in [5.74, 6) is -8.25. The van der Waals surface area contributed by atoms with Gasteiger partial charge in [-0.05, 0) is 66.3 Å². The van der Waals surface area contributed by atoms with Crippen molar-refractivity contribution in [3.63, 3.8) is 0 Å². The molecule has 4 rings (SSSR count). The van der Waals surface area contributed by atoms with Crippen LogP contribution in [0.5, 0.6) is 5.75 Å². The molecule has 1 saturated carbocycles. The van der Waals surface area contributed by atoms with Crippen LogP contribution in [-0.2, 0) is 0 Å². The molecule has 35 heavy (non-hydrogen) atoms. The molecule has 3 aromatic rings. The highest BCUT2D eigenvalue weighted by Gasteiger charge is 2.24. The molecule has 0 unspecified atom stereocenters. The second kappa shape index (κ2) is 10.6. The Kier molecular flexibility index (Phi) is 7.53. The lowest BCUT2D eigenvalue weighted by atomic mass is 9.77. The van der Waals surface area contributed by atoms with E-state index in [1.54, 1.807) is 12.1 Å². The van der Waals surface area contributed by atoms with Crippen LogP contribution < -0.4 is 4.74 Å². The fourth-order valence-corrected chi connectivity index (χ4v) is 4.82. The monoisotopic (exact) mass is 488 g/mol. The highest BCUT2D eigenvalue weighted by molar-refractivity contribution is 5.92. The van der Waals surface area contributed by atoms with E-state index in [0.717, 1.165) is 30.9 Å². The van der Waals surface area contributed by atoms with Crippen molar-refractivity contribution in [3.8, 4) is 16.9 Å². The van der Waals surface area contributed by atoms with Gasteiger partial charge in [0.25, 0.3) is 0 Å². The molecule has 0 saturated heterocycles. The zero-order valence-electron chi connectivity index (χ0n) is 19.2. The Hall–Kier alpha value is -3.22. The first kappa shape index (κ1) is 24.9. The van der Waals surface area contributed by atoms with Gasteiger partial charge in [-0.25, -0.2) is 26.7 Å². The number of rotatable bonds is 6. The van der Waals surface area contributed by atoms with E-state index in [0.29, 0.717) is 23.6 Å². The van der Waals surface area contributed by atoms with E-state index < -0.39 is 46.4 Å². The fourth-order valence-electron chi connectivity index (χ4n) is 4.82. The largest absolute Gasteiger partial charge is 0.423 e. The summed E-state index contributed by atoms with van der Waals surface area (Å²) in [4.78, 5) is 12.3. The van der Waals surface area contributed by atoms with Gasteiger partial charge >= 0.3 is 5.97 Å². The average molecular weight is 488 g/mol. The smallest absolute Gasteiger partial charge is 0.349 e. The summed E-state index contributed by atoms with van der Waals surface area (Å²) in [5, 5.41) is 0. The molecule has 1 fully saturated rings. The lowest BCUT2D eigenvalue weighted by molar-refractivity contribution is 0.0723. The second-order valence-electron chi connectivity index (χ2n) is 9.03. The van der Waals surface area contributed by atoms with Crippen LogP contribution in [0.2, 0.25) is 0 Å². The van der Waals surface area contributed by atoms with Crippen molar-refractivity contribution in [2.45, 2.75) is 51.4 Å². The van der Waals surface area contributed by atoms with Crippen LogP contribution >= 0.6 is 0 Å². The Morgan fingerprint density at radius 2 is 1.37 bits per heavy atom. The Morgan fingerprint density at radius 1 is 0.800 bits per heavy atom. The topological polar surface area (TPSA) is 26.3 Å². The van der Waals surface area contributed by atoms with E-state index in [4.69, 9.17) is 0 Å². The first-order valence-corrected chi connectivity index (χ1v) is 11.7. The molecule has 0 aliphatic heterocycles. The van der Waals surface area contributed by atoms with E-state index in [2.05, 4.69) is 11.7 Å². The maximum absolute atomic E-state index is 14.7. The summed E-state index contributed by atoms with van der Waals surface area (Å²) in [6.07, 6.45) is 7.16. The van der Waals surface area contributed by atoms with Crippen molar-refractivity contribution in [1.82, 2.24) is 0 Å². The van der Waals surface area contributed by atoms with Crippen molar-refractivity contribution in [2.24, 2.45) is 5.92 Å². The lowest BCUT2D eigenvalue weighted by Gasteiger charge is -2.28. The van der Waals surface area contributed by atoms with E-state index in [9.17, 15) is 26.7 Å². The number of hydrogen-bond donors (Lipinski definition) is 0. The van der Waals surface area contributed by atoms with Crippen LogP contribution in [0, 0.1) is 35.0 Å². The first-order valence-electron chi connectivity index (χ1n) is 11.7. The Labute approximate surface area is 200 Å². The molecule has 3 aromatic carbocycles. The first-order chi connectivity index (χ1) is 16.8. The number of halogens is 5. The normalized spacial score (nSPS) is 17.9. The van der Waals surface area contributed by atoms with Gasteiger partial charge in [0.05, 0.1) is 0 Å². The minimum absolute atomic E-state index is 0.230. The quantitative estimate of drug-likeness (QED) is 0.151. The van der Waals surface area contributed by atoms with Crippen LogP contribution in [0.3, 0.4) is 0 Å². The number of carbonyl (C=O) groups excluding carboxylic acids is 1. The number of ether oxygens (including phenoxy) is 1. The van der Waals surface area contributed by atoms with E-state index in [-0.39, 0.29) is 5.56 Å². The molecule has 0 atom stereocenters. The molecule has 0 heterocycles. The second-order valence-corrected chi connectivity index (χ2v) is 9.03. The van der Waals surface area contributed by atoms with Gasteiger partial charge in [-0.3, -0.25) is 0 Å². The standard InChI is InChI=1S/C28H25F5O2/c1-2-3-16-4-6-17(7-5-16)18-8-10-19(11-9-18)20-12-22(29)26(23(30)13-20)28(34)35-21-14-24(31)27(33)25(32)15-21/h8-17H,2-7H2,1H3. The highest BCUT2D eigenvalue weighted by atomic mass is 19.2. The molecular weight excluding hydrogens is 463 g/mol. The predicted molar refractivity (Wildman–Crippen MR) is 123 cm³/mol. The fraction of sp³-hybridized carbons (Fsp3) is 0.321. The van der Waals surface area contributed by atoms with Gasteiger partial charge in [0, 0.05) is 12.1 Å². The lowest BCUT2D eigenvalue weighted by Crippen LogP contribution is -2.14. The van der Waals surface area contributed by atoms with Gasteiger partial charge in [-0.1, -0.05) is 44.0 Å². The minimum Gasteiger partial charge on any atom is -0.423 e. The number of hydrogen-bond acceptors (Lipinski definition) is 2. The molecule has 184 valence electrons. The third-order valence-electron chi connectivity index (χ3n) is 6.67. The van der Waals surface area contributed by atoms with Gasteiger partial charge in [-0.2, -0.15) is 0 Å². The van der Waals surface area contributed by atoms with Crippen LogP contribution in [0.4, 0.5) is 22.0 Å². The van der Waals surface area contributed by atoms with Gasteiger partial charge in [0.1, 0.15) is 22.9 Å². The molecule has 0 N–H and O–H groups in total. The van der Waals surface area contributed by atoms with Crippen LogP contribution in [-0.4, -0.2) is 5.97 Å². The zero-order chi connectivity index (χ0) is 25.1. The van der Waals surface area contributed by atoms with Crippen molar-refractivity contribution < 1.29 is 31.5 Å². The Bertz CT molecular complexity index is 1170. The highest BCUT2D eigenvalue weighted by Crippen LogP contribution is 2.38. The summed E-state index contributed by atoms with van der Waals surface area (Å²) in [6, 6.07) is 10.3. The molecule has 0 bridgehead atoms. The maximum atomic E-state index is 14.7. The minimum atomic E-state index is -1.75. The van der Waals surface area contributed by atoms with Crippen LogP contribution in [0.25, 0.3) is 11.1 Å². The van der Waals surface area contributed by atoms with E-state index in [1.807, 2.05) is 12.1 Å². The van der Waals surface area contributed by atoms with Gasteiger partial charge in [-0.15, -0.1) is 0 Å². The summed E-state index contributed by atoms with van der Waals surface area (Å²) < 4.78 is 73.8. The van der Waals surface area contributed by atoms with Crippen molar-refractivity contribution in [1.29, 1.82) is 0 Å². The van der Waals surface area contributed by atoms with Crippen LogP contribution in [0.15, 0.2) is 48.5 Å². The van der Waals surface area contributed by atoms with Crippen molar-refractivity contribution in [3.05, 3.63) is 88.7 Å². The molecule has 0 radical (unpaired) electrons. The van der Waals surface area contributed by atoms with Gasteiger partial charge in [0.2, 0.25) is 0 Å². The third kappa shape index (κ3) is 5.55. The Morgan fingerprint density at radius 3 is 1.91 bits per heavy atom.